The highest BCUT2D eigenvalue weighted by Crippen LogP contribution is 2.45. The summed E-state index contributed by atoms with van der Waals surface area (Å²) in [6, 6.07) is 0. The van der Waals surface area contributed by atoms with Crippen molar-refractivity contribution in [3.63, 3.8) is 0 Å². The van der Waals surface area contributed by atoms with Gasteiger partial charge in [0.1, 0.15) is 19.3 Å². The highest BCUT2D eigenvalue weighted by atomic mass is 31.2. The number of phosphoric acid groups is 2. The molecule has 0 spiro atoms. The summed E-state index contributed by atoms with van der Waals surface area (Å²) < 4.78 is 68.7. The van der Waals surface area contributed by atoms with Crippen molar-refractivity contribution in [2.75, 3.05) is 39.6 Å². The predicted octanol–water partition coefficient (Wildman–Crippen LogP) is 23.7. The van der Waals surface area contributed by atoms with Crippen molar-refractivity contribution in [3.05, 3.63) is 0 Å². The first kappa shape index (κ1) is 97.1. The third-order valence-electron chi connectivity index (χ3n) is 19.0. The number of carbonyl (C=O) groups is 4. The summed E-state index contributed by atoms with van der Waals surface area (Å²) in [5, 5.41) is 10.6. The van der Waals surface area contributed by atoms with Crippen LogP contribution < -0.4 is 0 Å². The summed E-state index contributed by atoms with van der Waals surface area (Å²) in [6.07, 6.45) is 58.2. The van der Waals surface area contributed by atoms with Crippen LogP contribution in [-0.2, 0) is 65.4 Å². The van der Waals surface area contributed by atoms with Crippen molar-refractivity contribution in [2.45, 2.75) is 433 Å². The van der Waals surface area contributed by atoms with Crippen molar-refractivity contribution >= 4 is 39.5 Å². The van der Waals surface area contributed by atoms with Crippen LogP contribution in [0.25, 0.3) is 0 Å². The van der Waals surface area contributed by atoms with E-state index in [1.165, 1.54) is 225 Å². The first-order valence-electron chi connectivity index (χ1n) is 41.4. The van der Waals surface area contributed by atoms with Gasteiger partial charge in [0.25, 0.3) is 0 Å². The molecule has 19 heteroatoms. The molecule has 3 N–H and O–H groups in total. The van der Waals surface area contributed by atoms with Gasteiger partial charge in [-0.15, -0.1) is 0 Å². The van der Waals surface area contributed by atoms with E-state index in [-0.39, 0.29) is 25.7 Å². The van der Waals surface area contributed by atoms with Gasteiger partial charge in [-0.05, 0) is 43.4 Å². The first-order chi connectivity index (χ1) is 47.8. The van der Waals surface area contributed by atoms with Gasteiger partial charge in [-0.3, -0.25) is 37.3 Å². The topological polar surface area (TPSA) is 237 Å². The number of ether oxygens (including phenoxy) is 4. The van der Waals surface area contributed by atoms with Crippen LogP contribution in [0.1, 0.15) is 414 Å². The molecule has 0 radical (unpaired) electrons. The second-order valence-corrected chi connectivity index (χ2v) is 32.9. The van der Waals surface area contributed by atoms with Crippen LogP contribution >= 0.6 is 15.6 Å². The van der Waals surface area contributed by atoms with Crippen LogP contribution in [0, 0.1) is 17.8 Å². The van der Waals surface area contributed by atoms with Crippen LogP contribution in [0.2, 0.25) is 0 Å². The van der Waals surface area contributed by atoms with E-state index in [1.807, 2.05) is 0 Å². The molecule has 3 unspecified atom stereocenters. The zero-order valence-corrected chi connectivity index (χ0v) is 66.8. The van der Waals surface area contributed by atoms with Gasteiger partial charge in [-0.2, -0.15) is 0 Å². The second-order valence-electron chi connectivity index (χ2n) is 30.0. The largest absolute Gasteiger partial charge is 0.472 e. The number of hydrogen-bond donors (Lipinski definition) is 3. The van der Waals surface area contributed by atoms with E-state index < -0.39 is 97.5 Å². The average Bonchev–Trinajstić information content (AvgIpc) is 0.982. The lowest BCUT2D eigenvalue weighted by Crippen LogP contribution is -2.30. The van der Waals surface area contributed by atoms with Crippen molar-refractivity contribution in [1.82, 2.24) is 0 Å². The van der Waals surface area contributed by atoms with Crippen LogP contribution in [0.15, 0.2) is 0 Å². The Morgan fingerprint density at radius 1 is 0.293 bits per heavy atom. The molecule has 0 aliphatic carbocycles. The molecular weight excluding hydrogens is 1290 g/mol. The van der Waals surface area contributed by atoms with Crippen LogP contribution in [0.3, 0.4) is 0 Å². The Labute approximate surface area is 607 Å². The van der Waals surface area contributed by atoms with Gasteiger partial charge >= 0.3 is 39.5 Å². The van der Waals surface area contributed by atoms with Gasteiger partial charge in [0.2, 0.25) is 0 Å². The van der Waals surface area contributed by atoms with Crippen molar-refractivity contribution < 1.29 is 80.2 Å². The van der Waals surface area contributed by atoms with Gasteiger partial charge in [-0.1, -0.05) is 363 Å². The SMILES string of the molecule is CCCCCCCCCCCCCCCCCCC(=O)OC[C@H](COP(=O)(O)OC[C@@H](O)COP(=O)(O)OC[C@@H](COC(=O)CCCCCCCCCCC(C)C)OC(=O)CCCCCCCCCCCCC(C)CC)OC(=O)CCCCCCCCCCCCCCCCCC(C)C. The van der Waals surface area contributed by atoms with E-state index in [9.17, 15) is 43.2 Å². The Balaban J connectivity index is 5.26. The lowest BCUT2D eigenvalue weighted by atomic mass is 9.99. The summed E-state index contributed by atoms with van der Waals surface area (Å²) in [5.41, 5.74) is 0. The maximum atomic E-state index is 13.1. The molecule has 0 aliphatic heterocycles. The molecule has 0 fully saturated rings. The van der Waals surface area contributed by atoms with Crippen molar-refractivity contribution in [3.8, 4) is 0 Å². The molecule has 0 aromatic heterocycles. The minimum atomic E-state index is -4.96. The molecule has 588 valence electrons. The number of unbranched alkanes of at least 4 members (excludes halogenated alkanes) is 45. The predicted molar refractivity (Wildman–Crippen MR) is 405 cm³/mol. The van der Waals surface area contributed by atoms with Gasteiger partial charge in [0.05, 0.1) is 26.4 Å². The minimum absolute atomic E-state index is 0.106. The molecule has 99 heavy (non-hydrogen) atoms. The maximum absolute atomic E-state index is 13.1. The molecule has 0 amide bonds. The Hall–Kier alpha value is -1.94. The monoisotopic (exact) mass is 1450 g/mol. The average molecular weight is 1450 g/mol. The number of carbonyl (C=O) groups excluding carboxylic acids is 4. The molecule has 0 aromatic rings. The quantitative estimate of drug-likeness (QED) is 0.0222. The molecule has 17 nitrogen and oxygen atoms in total. The third-order valence-corrected chi connectivity index (χ3v) is 20.9. The Morgan fingerprint density at radius 3 is 0.768 bits per heavy atom. The molecule has 0 heterocycles. The summed E-state index contributed by atoms with van der Waals surface area (Å²) in [5.74, 6) is 0.220. The Bertz CT molecular complexity index is 1920. The fourth-order valence-electron chi connectivity index (χ4n) is 12.3. The zero-order valence-electron chi connectivity index (χ0n) is 65.0. The molecule has 0 rings (SSSR count). The van der Waals surface area contributed by atoms with Crippen LogP contribution in [0.5, 0.6) is 0 Å². The van der Waals surface area contributed by atoms with Crippen LogP contribution in [-0.4, -0.2) is 96.7 Å². The second kappa shape index (κ2) is 70.4. The highest BCUT2D eigenvalue weighted by Gasteiger charge is 2.30. The summed E-state index contributed by atoms with van der Waals surface area (Å²) in [6.45, 7) is 12.0. The minimum Gasteiger partial charge on any atom is -0.462 e. The lowest BCUT2D eigenvalue weighted by molar-refractivity contribution is -0.161. The van der Waals surface area contributed by atoms with Crippen molar-refractivity contribution in [1.29, 1.82) is 0 Å². The molecular formula is C80H156O17P2. The summed E-state index contributed by atoms with van der Waals surface area (Å²) in [7, 11) is -9.92. The van der Waals surface area contributed by atoms with Gasteiger partial charge in [0, 0.05) is 25.7 Å². The number of aliphatic hydroxyl groups excluding tert-OH is 1. The molecule has 0 saturated heterocycles. The number of esters is 4. The highest BCUT2D eigenvalue weighted by molar-refractivity contribution is 7.47. The molecule has 0 aliphatic rings. The van der Waals surface area contributed by atoms with Crippen molar-refractivity contribution in [2.24, 2.45) is 17.8 Å². The first-order valence-corrected chi connectivity index (χ1v) is 44.4. The standard InChI is InChI=1S/C80H156O17P2/c1-8-10-11-12-13-14-15-16-17-20-23-26-32-40-47-54-61-77(82)90-67-75(96-79(84)63-56-49-42-33-27-24-21-18-19-22-25-30-37-44-51-58-71(3)4)69-94-98(86,87)92-65-74(81)66-93-99(88,89)95-70-76(68-91-78(83)62-55-48-41-36-35-38-45-52-59-72(5)6)97-80(85)64-57-50-43-34-29-28-31-39-46-53-60-73(7)9-2/h71-76,81H,8-70H2,1-7H3,(H,86,87)(H,88,89)/t73?,74-,75-,76-/m1/s1. The van der Waals surface area contributed by atoms with E-state index in [0.29, 0.717) is 25.7 Å². The molecule has 0 saturated carbocycles. The third kappa shape index (κ3) is 72.8. The van der Waals surface area contributed by atoms with Gasteiger partial charge < -0.3 is 33.8 Å². The number of hydrogen-bond acceptors (Lipinski definition) is 15. The lowest BCUT2D eigenvalue weighted by Gasteiger charge is -2.21. The van der Waals surface area contributed by atoms with E-state index >= 15 is 0 Å². The van der Waals surface area contributed by atoms with E-state index in [2.05, 4.69) is 48.5 Å². The Morgan fingerprint density at radius 2 is 0.515 bits per heavy atom. The van der Waals surface area contributed by atoms with Gasteiger partial charge in [0.15, 0.2) is 12.2 Å². The number of aliphatic hydroxyl groups is 1. The number of phosphoric ester groups is 2. The summed E-state index contributed by atoms with van der Waals surface area (Å²) >= 11 is 0. The summed E-state index contributed by atoms with van der Waals surface area (Å²) in [4.78, 5) is 73.0. The molecule has 0 aromatic carbocycles. The molecule has 0 bridgehead atoms. The molecule has 6 atom stereocenters. The normalized spacial score (nSPS) is 14.3. The van der Waals surface area contributed by atoms with Gasteiger partial charge in [-0.25, -0.2) is 9.13 Å². The smallest absolute Gasteiger partial charge is 0.462 e. The Kier molecular flexibility index (Phi) is 69.0. The maximum Gasteiger partial charge on any atom is 0.472 e. The van der Waals surface area contributed by atoms with E-state index in [1.54, 1.807) is 0 Å². The van der Waals surface area contributed by atoms with E-state index in [4.69, 9.17) is 37.0 Å². The fraction of sp³-hybridized carbons (Fsp3) is 0.950. The zero-order chi connectivity index (χ0) is 73.0. The van der Waals surface area contributed by atoms with E-state index in [0.717, 1.165) is 108 Å². The number of rotatable bonds is 78. The fourth-order valence-corrected chi connectivity index (χ4v) is 13.9. The van der Waals surface area contributed by atoms with Crippen LogP contribution in [0.4, 0.5) is 0 Å².